The van der Waals surface area contributed by atoms with Crippen LogP contribution < -0.4 is 15.1 Å². The van der Waals surface area contributed by atoms with Gasteiger partial charge < -0.3 is 19.9 Å². The smallest absolute Gasteiger partial charge is 0.414 e. The molecule has 2 aliphatic heterocycles. The summed E-state index contributed by atoms with van der Waals surface area (Å²) in [5.74, 6) is -0.205. The van der Waals surface area contributed by atoms with Gasteiger partial charge >= 0.3 is 6.09 Å². The van der Waals surface area contributed by atoms with E-state index >= 15 is 0 Å². The molecule has 0 aliphatic carbocycles. The summed E-state index contributed by atoms with van der Waals surface area (Å²) < 4.78 is 20.2. The van der Waals surface area contributed by atoms with Gasteiger partial charge in [0.2, 0.25) is 17.8 Å². The number of aromatic nitrogens is 2. The molecule has 190 valence electrons. The number of nitrogens with zero attached hydrogens (tertiary/aromatic N) is 5. The minimum Gasteiger partial charge on any atom is -0.442 e. The summed E-state index contributed by atoms with van der Waals surface area (Å²) in [6.07, 6.45) is 3.67. The largest absolute Gasteiger partial charge is 0.442 e. The second-order valence-electron chi connectivity index (χ2n) is 9.02. The maximum Gasteiger partial charge on any atom is 0.414 e. The highest BCUT2D eigenvalue weighted by atomic mass is 19.1. The molecule has 1 N–H and O–H groups in total. The Labute approximate surface area is 208 Å². The van der Waals surface area contributed by atoms with Gasteiger partial charge in [-0.25, -0.2) is 19.2 Å². The fraction of sp³-hybridized carbons (Fsp3) is 0.400. The number of allylic oxidation sites excluding steroid dienone is 1. The fourth-order valence-corrected chi connectivity index (χ4v) is 4.09. The Bertz CT molecular complexity index is 1170. The molecule has 2 aliphatic rings. The normalized spacial score (nSPS) is 17.6. The number of hydrogen-bond donors (Lipinski definition) is 1. The number of halogens is 1. The van der Waals surface area contributed by atoms with Gasteiger partial charge in [0.05, 0.1) is 18.8 Å². The Kier molecular flexibility index (Phi) is 7.47. The van der Waals surface area contributed by atoms with Crippen LogP contribution in [-0.2, 0) is 14.3 Å². The van der Waals surface area contributed by atoms with Crippen molar-refractivity contribution in [3.05, 3.63) is 48.1 Å². The SMILES string of the molecule is CC(=O)NC[C@H]1CN(c2ccc(-c3cnc(N4CCN(C(=O)C=C(C)C)CC4)nc3)c(F)c2)C(=O)O1. The average molecular weight is 497 g/mol. The molecule has 0 saturated carbocycles. The number of carbonyl (C=O) groups excluding carboxylic acids is 3. The number of benzene rings is 1. The lowest BCUT2D eigenvalue weighted by molar-refractivity contribution is -0.126. The quantitative estimate of drug-likeness (QED) is 0.612. The zero-order valence-electron chi connectivity index (χ0n) is 20.5. The number of cyclic esters (lactones) is 1. The number of piperazine rings is 1. The van der Waals surface area contributed by atoms with Crippen LogP contribution in [0.2, 0.25) is 0 Å². The van der Waals surface area contributed by atoms with Crippen molar-refractivity contribution in [2.24, 2.45) is 0 Å². The number of amides is 3. The molecule has 10 nitrogen and oxygen atoms in total. The lowest BCUT2D eigenvalue weighted by Crippen LogP contribution is -2.48. The van der Waals surface area contributed by atoms with E-state index in [1.165, 1.54) is 17.9 Å². The van der Waals surface area contributed by atoms with Gasteiger partial charge in [0, 0.05) is 62.7 Å². The molecule has 1 aromatic carbocycles. The number of hydrogen-bond acceptors (Lipinski definition) is 7. The number of rotatable bonds is 6. The monoisotopic (exact) mass is 496 g/mol. The first kappa shape index (κ1) is 25.1. The highest BCUT2D eigenvalue weighted by molar-refractivity contribution is 5.90. The summed E-state index contributed by atoms with van der Waals surface area (Å²) in [7, 11) is 0. The molecule has 2 fully saturated rings. The van der Waals surface area contributed by atoms with Crippen LogP contribution in [0.25, 0.3) is 11.1 Å². The van der Waals surface area contributed by atoms with E-state index < -0.39 is 18.0 Å². The van der Waals surface area contributed by atoms with E-state index in [-0.39, 0.29) is 24.9 Å². The molecular weight excluding hydrogens is 467 g/mol. The molecule has 11 heteroatoms. The fourth-order valence-electron chi connectivity index (χ4n) is 4.09. The molecule has 0 radical (unpaired) electrons. The summed E-state index contributed by atoms with van der Waals surface area (Å²) in [4.78, 5) is 49.4. The maximum absolute atomic E-state index is 15.0. The van der Waals surface area contributed by atoms with Crippen molar-refractivity contribution in [2.75, 3.05) is 49.1 Å². The highest BCUT2D eigenvalue weighted by Gasteiger charge is 2.32. The lowest BCUT2D eigenvalue weighted by atomic mass is 10.1. The summed E-state index contributed by atoms with van der Waals surface area (Å²) in [5.41, 5.74) is 2.15. The molecular formula is C25H29FN6O4. The Hall–Kier alpha value is -4.02. The van der Waals surface area contributed by atoms with Crippen molar-refractivity contribution in [3.63, 3.8) is 0 Å². The van der Waals surface area contributed by atoms with Crippen LogP contribution in [0, 0.1) is 5.82 Å². The van der Waals surface area contributed by atoms with Crippen LogP contribution in [-0.4, -0.2) is 78.1 Å². The number of ether oxygens (including phenoxy) is 1. The Morgan fingerprint density at radius 2 is 1.83 bits per heavy atom. The second-order valence-corrected chi connectivity index (χ2v) is 9.02. The molecule has 2 saturated heterocycles. The molecule has 0 bridgehead atoms. The summed E-state index contributed by atoms with van der Waals surface area (Å²) >= 11 is 0. The second kappa shape index (κ2) is 10.7. The Morgan fingerprint density at radius 3 is 2.44 bits per heavy atom. The van der Waals surface area contributed by atoms with Gasteiger partial charge in [-0.15, -0.1) is 0 Å². The van der Waals surface area contributed by atoms with E-state index in [0.29, 0.717) is 48.9 Å². The van der Waals surface area contributed by atoms with Gasteiger partial charge in [-0.3, -0.25) is 14.5 Å². The standard InChI is InChI=1S/C25H29FN6O4/c1-16(2)10-23(34)30-6-8-31(9-7-30)24-28-12-18(13-29-24)21-5-4-19(11-22(21)26)32-15-20(36-25(32)35)14-27-17(3)33/h4-5,10-13,20H,6-9,14-15H2,1-3H3,(H,27,33)/t20-/m0/s1. The third-order valence-electron chi connectivity index (χ3n) is 5.95. The predicted octanol–water partition coefficient (Wildman–Crippen LogP) is 2.36. The van der Waals surface area contributed by atoms with Crippen LogP contribution in [0.1, 0.15) is 20.8 Å². The van der Waals surface area contributed by atoms with Gasteiger partial charge in [0.25, 0.3) is 0 Å². The van der Waals surface area contributed by atoms with E-state index in [1.807, 2.05) is 18.7 Å². The molecule has 1 atom stereocenters. The van der Waals surface area contributed by atoms with Crippen LogP contribution in [0.15, 0.2) is 42.2 Å². The van der Waals surface area contributed by atoms with Gasteiger partial charge in [-0.05, 0) is 32.0 Å². The number of anilines is 2. The minimum absolute atomic E-state index is 0.00952. The van der Waals surface area contributed by atoms with E-state index in [4.69, 9.17) is 4.74 Å². The first-order valence-corrected chi connectivity index (χ1v) is 11.7. The maximum atomic E-state index is 15.0. The van der Waals surface area contributed by atoms with Gasteiger partial charge in [-0.2, -0.15) is 0 Å². The van der Waals surface area contributed by atoms with Crippen molar-refractivity contribution in [2.45, 2.75) is 26.9 Å². The third kappa shape index (κ3) is 5.78. The zero-order chi connectivity index (χ0) is 25.8. The molecule has 0 unspecified atom stereocenters. The summed E-state index contributed by atoms with van der Waals surface area (Å²) in [5, 5.41) is 2.61. The first-order valence-electron chi connectivity index (χ1n) is 11.7. The first-order chi connectivity index (χ1) is 17.2. The zero-order valence-corrected chi connectivity index (χ0v) is 20.5. The van der Waals surface area contributed by atoms with Crippen LogP contribution in [0.4, 0.5) is 20.8 Å². The Morgan fingerprint density at radius 1 is 1.14 bits per heavy atom. The number of carbonyl (C=O) groups is 3. The van der Waals surface area contributed by atoms with E-state index in [9.17, 15) is 18.8 Å². The predicted molar refractivity (Wildman–Crippen MR) is 132 cm³/mol. The Balaban J connectivity index is 1.39. The van der Waals surface area contributed by atoms with Crippen molar-refractivity contribution in [1.29, 1.82) is 0 Å². The molecule has 3 heterocycles. The molecule has 3 amide bonds. The topological polar surface area (TPSA) is 108 Å². The molecule has 4 rings (SSSR count). The van der Waals surface area contributed by atoms with Crippen LogP contribution in [0.3, 0.4) is 0 Å². The molecule has 0 spiro atoms. The minimum atomic E-state index is -0.590. The van der Waals surface area contributed by atoms with Crippen LogP contribution in [0.5, 0.6) is 0 Å². The lowest BCUT2D eigenvalue weighted by Gasteiger charge is -2.34. The van der Waals surface area contributed by atoms with Gasteiger partial charge in [0.1, 0.15) is 11.9 Å². The van der Waals surface area contributed by atoms with Crippen molar-refractivity contribution < 1.29 is 23.5 Å². The summed E-state index contributed by atoms with van der Waals surface area (Å²) in [6, 6.07) is 4.48. The van der Waals surface area contributed by atoms with E-state index in [1.54, 1.807) is 35.5 Å². The van der Waals surface area contributed by atoms with Crippen LogP contribution >= 0.6 is 0 Å². The average Bonchev–Trinajstić information content (AvgIpc) is 3.23. The van der Waals surface area contributed by atoms with E-state index in [0.717, 1.165) is 5.57 Å². The van der Waals surface area contributed by atoms with E-state index in [2.05, 4.69) is 15.3 Å². The summed E-state index contributed by atoms with van der Waals surface area (Å²) in [6.45, 7) is 7.96. The van der Waals surface area contributed by atoms with Crippen molar-refractivity contribution in [1.82, 2.24) is 20.2 Å². The van der Waals surface area contributed by atoms with Gasteiger partial charge in [0.15, 0.2) is 0 Å². The molecule has 36 heavy (non-hydrogen) atoms. The molecule has 1 aromatic heterocycles. The van der Waals surface area contributed by atoms with Crippen molar-refractivity contribution >= 4 is 29.5 Å². The molecule has 2 aromatic rings. The highest BCUT2D eigenvalue weighted by Crippen LogP contribution is 2.29. The van der Waals surface area contributed by atoms with Crippen molar-refractivity contribution in [3.8, 4) is 11.1 Å². The number of nitrogens with one attached hydrogen (secondary N) is 1. The van der Waals surface area contributed by atoms with Gasteiger partial charge in [-0.1, -0.05) is 5.57 Å². The third-order valence-corrected chi connectivity index (χ3v) is 5.95.